The molecule has 0 bridgehead atoms. The number of nitrogens with one attached hydrogen (secondary N) is 1. The lowest BCUT2D eigenvalue weighted by Crippen LogP contribution is -2.20. The first-order chi connectivity index (χ1) is 6.20. The Morgan fingerprint density at radius 1 is 1.62 bits per heavy atom. The average molecular weight is 182 g/mol. The Balaban J connectivity index is 3.15. The molecule has 0 radical (unpaired) electrons. The number of rotatable bonds is 2. The lowest BCUT2D eigenvalue weighted by molar-refractivity contribution is 0.0707. The summed E-state index contributed by atoms with van der Waals surface area (Å²) in [5.41, 5.74) is 7.46. The number of nitrogen functional groups attached to an aromatic ring is 1. The monoisotopic (exact) mass is 182 g/mol. The van der Waals surface area contributed by atoms with Crippen LogP contribution in [0.4, 0.5) is 5.69 Å². The van der Waals surface area contributed by atoms with E-state index in [9.17, 15) is 4.79 Å². The molecule has 70 valence electrons. The first-order valence-corrected chi connectivity index (χ1v) is 3.57. The molecule has 1 rings (SSSR count). The molecule has 0 heterocycles. The van der Waals surface area contributed by atoms with Crippen molar-refractivity contribution >= 4 is 11.6 Å². The highest BCUT2D eigenvalue weighted by atomic mass is 16.5. The summed E-state index contributed by atoms with van der Waals surface area (Å²) in [6.07, 6.45) is 0. The lowest BCUT2D eigenvalue weighted by atomic mass is 10.1. The number of nitrogens with two attached hydrogens (primary N) is 1. The second-order valence-electron chi connectivity index (χ2n) is 2.36. The Kier molecular flexibility index (Phi) is 2.71. The minimum absolute atomic E-state index is 0.182. The molecule has 0 fully saturated rings. The first kappa shape index (κ1) is 9.34. The lowest BCUT2D eigenvalue weighted by Gasteiger charge is -2.07. The number of methoxy groups -OCH3 is 1. The maximum Gasteiger partial charge on any atom is 0.276 e. The van der Waals surface area contributed by atoms with Crippen molar-refractivity contribution in [2.45, 2.75) is 0 Å². The fraction of sp³-hybridized carbons (Fsp3) is 0.125. The summed E-state index contributed by atoms with van der Waals surface area (Å²) < 4.78 is 4.89. The molecule has 0 aliphatic heterocycles. The van der Waals surface area contributed by atoms with Gasteiger partial charge in [0.1, 0.15) is 5.75 Å². The smallest absolute Gasteiger partial charge is 0.276 e. The Morgan fingerprint density at radius 3 is 2.85 bits per heavy atom. The zero-order chi connectivity index (χ0) is 9.84. The second-order valence-corrected chi connectivity index (χ2v) is 2.36. The van der Waals surface area contributed by atoms with E-state index in [4.69, 9.17) is 15.7 Å². The van der Waals surface area contributed by atoms with Gasteiger partial charge in [0.05, 0.1) is 18.4 Å². The van der Waals surface area contributed by atoms with Crippen molar-refractivity contribution < 1.29 is 14.7 Å². The van der Waals surface area contributed by atoms with Crippen LogP contribution in [0.5, 0.6) is 5.75 Å². The summed E-state index contributed by atoms with van der Waals surface area (Å²) in [5.74, 6) is -0.252. The number of hydrogen-bond donors (Lipinski definition) is 3. The topological polar surface area (TPSA) is 84.6 Å². The predicted molar refractivity (Wildman–Crippen MR) is 46.7 cm³/mol. The van der Waals surface area contributed by atoms with Crippen molar-refractivity contribution in [1.82, 2.24) is 5.48 Å². The number of para-hydroxylation sites is 1. The Hall–Kier alpha value is -1.75. The van der Waals surface area contributed by atoms with Crippen molar-refractivity contribution in [2.75, 3.05) is 12.8 Å². The summed E-state index contributed by atoms with van der Waals surface area (Å²) in [4.78, 5) is 11.0. The number of ether oxygens (including phenoxy) is 1. The quantitative estimate of drug-likeness (QED) is 0.351. The Labute approximate surface area is 75.1 Å². The molecule has 4 N–H and O–H groups in total. The van der Waals surface area contributed by atoms with Gasteiger partial charge in [-0.25, -0.2) is 5.48 Å². The second kappa shape index (κ2) is 3.77. The molecule has 0 aliphatic rings. The number of amides is 1. The van der Waals surface area contributed by atoms with Crippen LogP contribution in [0.3, 0.4) is 0 Å². The SMILES string of the molecule is COc1cccc(C(=O)NO)c1N. The van der Waals surface area contributed by atoms with Crippen LogP contribution in [-0.2, 0) is 0 Å². The molecule has 0 spiro atoms. The molecule has 13 heavy (non-hydrogen) atoms. The van der Waals surface area contributed by atoms with Gasteiger partial charge in [-0.2, -0.15) is 0 Å². The summed E-state index contributed by atoms with van der Waals surface area (Å²) in [7, 11) is 1.45. The van der Waals surface area contributed by atoms with Gasteiger partial charge < -0.3 is 10.5 Å². The number of hydroxylamine groups is 1. The van der Waals surface area contributed by atoms with Gasteiger partial charge >= 0.3 is 0 Å². The van der Waals surface area contributed by atoms with Crippen LogP contribution in [0.1, 0.15) is 10.4 Å². The van der Waals surface area contributed by atoms with Crippen LogP contribution in [-0.4, -0.2) is 18.2 Å². The van der Waals surface area contributed by atoms with Crippen molar-refractivity contribution in [1.29, 1.82) is 0 Å². The maximum absolute atomic E-state index is 11.0. The molecule has 0 atom stereocenters. The molecule has 5 heteroatoms. The van der Waals surface area contributed by atoms with Crippen LogP contribution in [0.25, 0.3) is 0 Å². The fourth-order valence-corrected chi connectivity index (χ4v) is 0.980. The molecule has 1 aromatic carbocycles. The van der Waals surface area contributed by atoms with Gasteiger partial charge in [-0.05, 0) is 12.1 Å². The third kappa shape index (κ3) is 1.70. The van der Waals surface area contributed by atoms with E-state index in [1.54, 1.807) is 12.1 Å². The summed E-state index contributed by atoms with van der Waals surface area (Å²) >= 11 is 0. The largest absolute Gasteiger partial charge is 0.495 e. The Bertz CT molecular complexity index is 325. The predicted octanol–water partition coefficient (Wildman–Crippen LogP) is 0.396. The van der Waals surface area contributed by atoms with E-state index in [0.29, 0.717) is 5.75 Å². The minimum atomic E-state index is -0.656. The molecular weight excluding hydrogens is 172 g/mol. The van der Waals surface area contributed by atoms with Gasteiger partial charge in [0.15, 0.2) is 0 Å². The van der Waals surface area contributed by atoms with Crippen LogP contribution >= 0.6 is 0 Å². The van der Waals surface area contributed by atoms with Gasteiger partial charge in [-0.15, -0.1) is 0 Å². The van der Waals surface area contributed by atoms with Gasteiger partial charge in [0.25, 0.3) is 5.91 Å². The molecule has 0 aromatic heterocycles. The summed E-state index contributed by atoms with van der Waals surface area (Å²) in [5, 5.41) is 8.38. The zero-order valence-electron chi connectivity index (χ0n) is 7.07. The molecule has 0 aliphatic carbocycles. The first-order valence-electron chi connectivity index (χ1n) is 3.57. The number of anilines is 1. The van der Waals surface area contributed by atoms with Gasteiger partial charge in [-0.3, -0.25) is 10.0 Å². The minimum Gasteiger partial charge on any atom is -0.495 e. The normalized spacial score (nSPS) is 9.38. The van der Waals surface area contributed by atoms with Gasteiger partial charge in [0, 0.05) is 0 Å². The highest BCUT2D eigenvalue weighted by Crippen LogP contribution is 2.24. The standard InChI is InChI=1S/C8H10N2O3/c1-13-6-4-2-3-5(7(6)9)8(11)10-12/h2-4,12H,9H2,1H3,(H,10,11). The van der Waals surface area contributed by atoms with Crippen molar-refractivity contribution in [3.05, 3.63) is 23.8 Å². The fourth-order valence-electron chi connectivity index (χ4n) is 0.980. The molecule has 0 unspecified atom stereocenters. The maximum atomic E-state index is 11.0. The third-order valence-electron chi connectivity index (χ3n) is 1.63. The number of benzene rings is 1. The van der Waals surface area contributed by atoms with Gasteiger partial charge in [-0.1, -0.05) is 6.07 Å². The van der Waals surface area contributed by atoms with Crippen molar-refractivity contribution in [3.8, 4) is 5.75 Å². The van der Waals surface area contributed by atoms with E-state index < -0.39 is 5.91 Å². The number of carbonyl (C=O) groups is 1. The highest BCUT2D eigenvalue weighted by Gasteiger charge is 2.11. The average Bonchev–Trinajstić information content (AvgIpc) is 2.17. The highest BCUT2D eigenvalue weighted by molar-refractivity contribution is 5.99. The molecule has 5 nitrogen and oxygen atoms in total. The van der Waals surface area contributed by atoms with Crippen molar-refractivity contribution in [2.24, 2.45) is 0 Å². The van der Waals surface area contributed by atoms with Crippen LogP contribution in [0, 0.1) is 0 Å². The Morgan fingerprint density at radius 2 is 2.31 bits per heavy atom. The molecule has 1 aromatic rings. The van der Waals surface area contributed by atoms with E-state index in [1.165, 1.54) is 18.7 Å². The number of carbonyl (C=O) groups excluding carboxylic acids is 1. The van der Waals surface area contributed by atoms with E-state index in [2.05, 4.69) is 0 Å². The molecule has 1 amide bonds. The van der Waals surface area contributed by atoms with Crippen molar-refractivity contribution in [3.63, 3.8) is 0 Å². The van der Waals surface area contributed by atoms with E-state index in [0.717, 1.165) is 0 Å². The van der Waals surface area contributed by atoms with E-state index in [1.807, 2.05) is 0 Å². The molecule has 0 saturated heterocycles. The molecular formula is C8H10N2O3. The van der Waals surface area contributed by atoms with Crippen LogP contribution < -0.4 is 16.0 Å². The zero-order valence-corrected chi connectivity index (χ0v) is 7.07. The van der Waals surface area contributed by atoms with Crippen LogP contribution in [0.15, 0.2) is 18.2 Å². The van der Waals surface area contributed by atoms with Crippen LogP contribution in [0.2, 0.25) is 0 Å². The van der Waals surface area contributed by atoms with Gasteiger partial charge in [0.2, 0.25) is 0 Å². The number of hydrogen-bond acceptors (Lipinski definition) is 4. The third-order valence-corrected chi connectivity index (χ3v) is 1.63. The molecule has 0 saturated carbocycles. The summed E-state index contributed by atoms with van der Waals surface area (Å²) in [6.45, 7) is 0. The van der Waals surface area contributed by atoms with E-state index in [-0.39, 0.29) is 11.3 Å². The summed E-state index contributed by atoms with van der Waals surface area (Å²) in [6, 6.07) is 4.73. The van der Waals surface area contributed by atoms with E-state index >= 15 is 0 Å².